The summed E-state index contributed by atoms with van der Waals surface area (Å²) < 4.78 is 48.0. The van der Waals surface area contributed by atoms with Crippen molar-refractivity contribution in [3.05, 3.63) is 36.0 Å². The molecule has 154 valence electrons. The fraction of sp³-hybridized carbons (Fsp3) is 0.579. The minimum absolute atomic E-state index is 0.163. The summed E-state index contributed by atoms with van der Waals surface area (Å²) in [5, 5.41) is 3.95. The van der Waals surface area contributed by atoms with Gasteiger partial charge in [-0.2, -0.15) is 22.0 Å². The molecule has 0 bridgehead atoms. The van der Waals surface area contributed by atoms with Crippen molar-refractivity contribution in [3.63, 3.8) is 0 Å². The maximum atomic E-state index is 13.4. The highest BCUT2D eigenvalue weighted by atomic mass is 32.2. The van der Waals surface area contributed by atoms with Gasteiger partial charge in [0.2, 0.25) is 11.7 Å². The molecule has 1 saturated heterocycles. The predicted molar refractivity (Wildman–Crippen MR) is 104 cm³/mol. The van der Waals surface area contributed by atoms with Gasteiger partial charge in [0.1, 0.15) is 5.82 Å². The second-order valence-electron chi connectivity index (χ2n) is 7.07. The summed E-state index contributed by atoms with van der Waals surface area (Å²) in [6.07, 6.45) is 3.06. The van der Waals surface area contributed by atoms with Crippen LogP contribution >= 0.6 is 0 Å². The van der Waals surface area contributed by atoms with Gasteiger partial charge in [-0.25, -0.2) is 4.39 Å². The summed E-state index contributed by atoms with van der Waals surface area (Å²) in [6, 6.07) is 6.00. The number of benzene rings is 1. The van der Waals surface area contributed by atoms with E-state index in [2.05, 4.69) is 10.1 Å². The van der Waals surface area contributed by atoms with Crippen LogP contribution < -0.4 is 0 Å². The average Bonchev–Trinajstić information content (AvgIpc) is 3.18. The monoisotopic (exact) mass is 410 g/mol. The molecule has 0 aliphatic carbocycles. The molecule has 1 atom stereocenters. The fourth-order valence-corrected chi connectivity index (χ4v) is 5.39. The van der Waals surface area contributed by atoms with E-state index < -0.39 is 10.2 Å². The third-order valence-electron chi connectivity index (χ3n) is 4.86. The Labute approximate surface area is 165 Å². The van der Waals surface area contributed by atoms with Crippen LogP contribution in [-0.4, -0.2) is 53.3 Å². The van der Waals surface area contributed by atoms with Gasteiger partial charge >= 0.3 is 0 Å². The second-order valence-corrected chi connectivity index (χ2v) is 9.00. The van der Waals surface area contributed by atoms with Gasteiger partial charge in [-0.05, 0) is 37.8 Å². The number of rotatable bonds is 8. The summed E-state index contributed by atoms with van der Waals surface area (Å²) in [7, 11) is -3.51. The smallest absolute Gasteiger partial charge is 0.281 e. The first-order chi connectivity index (χ1) is 13.5. The van der Waals surface area contributed by atoms with Gasteiger partial charge in [0.05, 0.1) is 5.92 Å². The molecular formula is C19H27FN4O3S. The van der Waals surface area contributed by atoms with Gasteiger partial charge in [-0.1, -0.05) is 31.1 Å². The third kappa shape index (κ3) is 4.59. The number of halogens is 1. The minimum atomic E-state index is -3.51. The molecule has 9 heteroatoms. The number of hydrogen-bond acceptors (Lipinski definition) is 5. The lowest BCUT2D eigenvalue weighted by Gasteiger charge is -2.34. The van der Waals surface area contributed by atoms with Crippen molar-refractivity contribution in [2.75, 3.05) is 26.2 Å². The molecule has 1 aliphatic rings. The van der Waals surface area contributed by atoms with Crippen LogP contribution in [-0.2, 0) is 10.2 Å². The van der Waals surface area contributed by atoms with Crippen molar-refractivity contribution in [2.24, 2.45) is 0 Å². The Bertz CT molecular complexity index is 881. The lowest BCUT2D eigenvalue weighted by molar-refractivity contribution is 0.249. The molecule has 1 fully saturated rings. The van der Waals surface area contributed by atoms with Crippen molar-refractivity contribution >= 4 is 10.2 Å². The Morgan fingerprint density at radius 2 is 2.04 bits per heavy atom. The highest BCUT2D eigenvalue weighted by Gasteiger charge is 2.35. The third-order valence-corrected chi connectivity index (χ3v) is 6.86. The Morgan fingerprint density at radius 1 is 1.29 bits per heavy atom. The maximum Gasteiger partial charge on any atom is 0.281 e. The number of piperidine rings is 1. The van der Waals surface area contributed by atoms with Crippen molar-refractivity contribution in [3.8, 4) is 11.4 Å². The van der Waals surface area contributed by atoms with Crippen molar-refractivity contribution in [1.82, 2.24) is 18.8 Å². The molecule has 0 amide bonds. The van der Waals surface area contributed by atoms with E-state index in [0.29, 0.717) is 43.5 Å². The van der Waals surface area contributed by atoms with E-state index in [1.54, 1.807) is 16.4 Å². The molecule has 1 aromatic heterocycles. The van der Waals surface area contributed by atoms with Crippen LogP contribution in [0, 0.1) is 5.82 Å². The largest absolute Gasteiger partial charge is 0.339 e. The Hall–Kier alpha value is -1.84. The predicted octanol–water partition coefficient (Wildman–Crippen LogP) is 3.42. The standard InChI is InChI=1S/C19H27FN4O3S/c1-3-10-23(11-4-2)28(25,26)24-12-6-8-16(14-24)19-21-18(22-27-19)15-7-5-9-17(20)13-15/h5,7,9,13,16H,3-4,6,8,10-12,14H2,1-2H3. The van der Waals surface area contributed by atoms with Crippen molar-refractivity contribution in [1.29, 1.82) is 0 Å². The fourth-order valence-electron chi connectivity index (χ4n) is 3.50. The van der Waals surface area contributed by atoms with E-state index in [1.807, 2.05) is 13.8 Å². The molecule has 7 nitrogen and oxygen atoms in total. The number of nitrogens with zero attached hydrogens (tertiary/aromatic N) is 4. The SMILES string of the molecule is CCCN(CCC)S(=O)(=O)N1CCCC(c2nc(-c3cccc(F)c3)no2)C1. The minimum Gasteiger partial charge on any atom is -0.339 e. The zero-order valence-corrected chi connectivity index (χ0v) is 17.2. The van der Waals surface area contributed by atoms with Crippen LogP contribution in [0.25, 0.3) is 11.4 Å². The van der Waals surface area contributed by atoms with E-state index in [0.717, 1.165) is 25.7 Å². The molecule has 0 radical (unpaired) electrons. The molecule has 2 aromatic rings. The van der Waals surface area contributed by atoms with Gasteiger partial charge in [-0.3, -0.25) is 0 Å². The molecule has 1 aliphatic heterocycles. The first kappa shape index (κ1) is 20.9. The van der Waals surface area contributed by atoms with Crippen LogP contribution in [0.1, 0.15) is 51.3 Å². The lowest BCUT2D eigenvalue weighted by atomic mass is 10.00. The highest BCUT2D eigenvalue weighted by Crippen LogP contribution is 2.29. The molecule has 0 N–H and O–H groups in total. The lowest BCUT2D eigenvalue weighted by Crippen LogP contribution is -2.48. The summed E-state index contributed by atoms with van der Waals surface area (Å²) >= 11 is 0. The second kappa shape index (κ2) is 9.11. The molecule has 0 spiro atoms. The quantitative estimate of drug-likeness (QED) is 0.666. The van der Waals surface area contributed by atoms with Crippen LogP contribution in [0.15, 0.2) is 28.8 Å². The van der Waals surface area contributed by atoms with Gasteiger partial charge in [0.15, 0.2) is 0 Å². The van der Waals surface area contributed by atoms with Crippen molar-refractivity contribution in [2.45, 2.75) is 45.4 Å². The van der Waals surface area contributed by atoms with Crippen LogP contribution in [0.2, 0.25) is 0 Å². The highest BCUT2D eigenvalue weighted by molar-refractivity contribution is 7.86. The van der Waals surface area contributed by atoms with E-state index in [-0.39, 0.29) is 11.7 Å². The van der Waals surface area contributed by atoms with Crippen LogP contribution in [0.4, 0.5) is 4.39 Å². The summed E-state index contributed by atoms with van der Waals surface area (Å²) in [5.41, 5.74) is 0.535. The normalized spacial score (nSPS) is 18.6. The molecule has 1 aromatic carbocycles. The van der Waals surface area contributed by atoms with Crippen LogP contribution in [0.5, 0.6) is 0 Å². The van der Waals surface area contributed by atoms with E-state index >= 15 is 0 Å². The zero-order valence-electron chi connectivity index (χ0n) is 16.3. The Morgan fingerprint density at radius 3 is 2.71 bits per heavy atom. The molecule has 28 heavy (non-hydrogen) atoms. The summed E-state index contributed by atoms with van der Waals surface area (Å²) in [4.78, 5) is 4.40. The summed E-state index contributed by atoms with van der Waals surface area (Å²) in [5.74, 6) is 0.180. The van der Waals surface area contributed by atoms with Gasteiger partial charge in [-0.15, -0.1) is 0 Å². The van der Waals surface area contributed by atoms with E-state index in [4.69, 9.17) is 4.52 Å². The molecular weight excluding hydrogens is 383 g/mol. The molecule has 3 rings (SSSR count). The molecule has 2 heterocycles. The summed E-state index contributed by atoms with van der Waals surface area (Å²) in [6.45, 7) is 5.79. The number of aromatic nitrogens is 2. The van der Waals surface area contributed by atoms with Gasteiger partial charge in [0.25, 0.3) is 10.2 Å². The van der Waals surface area contributed by atoms with Crippen molar-refractivity contribution < 1.29 is 17.3 Å². The molecule has 0 saturated carbocycles. The first-order valence-electron chi connectivity index (χ1n) is 9.80. The topological polar surface area (TPSA) is 79.5 Å². The van der Waals surface area contributed by atoms with Gasteiger partial charge < -0.3 is 4.52 Å². The van der Waals surface area contributed by atoms with E-state index in [1.165, 1.54) is 16.4 Å². The maximum absolute atomic E-state index is 13.4. The van der Waals surface area contributed by atoms with E-state index in [9.17, 15) is 12.8 Å². The Kier molecular flexibility index (Phi) is 6.79. The Balaban J connectivity index is 1.76. The average molecular weight is 411 g/mol. The zero-order chi connectivity index (χ0) is 20.1. The first-order valence-corrected chi connectivity index (χ1v) is 11.2. The van der Waals surface area contributed by atoms with Crippen LogP contribution in [0.3, 0.4) is 0 Å². The number of hydrogen-bond donors (Lipinski definition) is 0. The molecule has 1 unspecified atom stereocenters. The van der Waals surface area contributed by atoms with Gasteiger partial charge in [0, 0.05) is 31.7 Å².